The number of ether oxygens (including phenoxy) is 1. The molecule has 1 saturated heterocycles. The first-order valence-corrected chi connectivity index (χ1v) is 11.7. The molecular formula is C23H31N3O2S. The molecule has 156 valence electrons. The SMILES string of the molecule is CC(=O)N1CCc2nc(-c3ccc(OCCCN4CCCCCC4)cc3)sc2C1. The van der Waals surface area contributed by atoms with E-state index in [1.165, 1.54) is 43.6 Å². The maximum atomic E-state index is 11.6. The Hall–Kier alpha value is -1.92. The standard InChI is InChI=1S/C23H31N3O2S/c1-18(27)26-15-11-21-22(17-26)29-23(24-21)19-7-9-20(10-8-19)28-16-6-14-25-12-4-2-3-5-13-25/h7-10H,2-6,11-17H2,1H3. The summed E-state index contributed by atoms with van der Waals surface area (Å²) in [6.07, 6.45) is 7.38. The zero-order chi connectivity index (χ0) is 20.1. The Bertz CT molecular complexity index is 810. The average Bonchev–Trinajstić information content (AvgIpc) is 2.99. The fraction of sp³-hybridized carbons (Fsp3) is 0.565. The first-order chi connectivity index (χ1) is 14.2. The minimum absolute atomic E-state index is 0.142. The Kier molecular flexibility index (Phi) is 6.82. The van der Waals surface area contributed by atoms with E-state index >= 15 is 0 Å². The number of carbonyl (C=O) groups excluding carboxylic acids is 1. The lowest BCUT2D eigenvalue weighted by Gasteiger charge is -2.24. The lowest BCUT2D eigenvalue weighted by atomic mass is 10.2. The first-order valence-electron chi connectivity index (χ1n) is 10.9. The maximum Gasteiger partial charge on any atom is 0.219 e. The molecule has 1 aromatic heterocycles. The molecule has 5 nitrogen and oxygen atoms in total. The number of benzene rings is 1. The highest BCUT2D eigenvalue weighted by atomic mass is 32.1. The molecule has 0 aliphatic carbocycles. The van der Waals surface area contributed by atoms with Gasteiger partial charge in [-0.3, -0.25) is 4.79 Å². The maximum absolute atomic E-state index is 11.6. The molecule has 0 unspecified atom stereocenters. The van der Waals surface area contributed by atoms with Crippen LogP contribution in [0.4, 0.5) is 0 Å². The van der Waals surface area contributed by atoms with Crippen molar-refractivity contribution >= 4 is 17.2 Å². The van der Waals surface area contributed by atoms with Gasteiger partial charge in [-0.1, -0.05) is 12.8 Å². The molecule has 0 radical (unpaired) electrons. The van der Waals surface area contributed by atoms with E-state index in [1.54, 1.807) is 18.3 Å². The van der Waals surface area contributed by atoms with Crippen molar-refractivity contribution in [3.63, 3.8) is 0 Å². The van der Waals surface area contributed by atoms with Gasteiger partial charge >= 0.3 is 0 Å². The van der Waals surface area contributed by atoms with E-state index in [4.69, 9.17) is 9.72 Å². The summed E-state index contributed by atoms with van der Waals surface area (Å²) in [6, 6.07) is 8.28. The fourth-order valence-electron chi connectivity index (χ4n) is 4.12. The number of carbonyl (C=O) groups is 1. The number of amides is 1. The summed E-state index contributed by atoms with van der Waals surface area (Å²) >= 11 is 1.70. The second kappa shape index (κ2) is 9.72. The van der Waals surface area contributed by atoms with Crippen molar-refractivity contribution in [3.8, 4) is 16.3 Å². The second-order valence-electron chi connectivity index (χ2n) is 8.06. The van der Waals surface area contributed by atoms with Crippen LogP contribution in [0.15, 0.2) is 24.3 Å². The third kappa shape index (κ3) is 5.37. The Labute approximate surface area is 177 Å². The zero-order valence-corrected chi connectivity index (χ0v) is 18.2. The van der Waals surface area contributed by atoms with E-state index in [0.717, 1.165) is 54.6 Å². The highest BCUT2D eigenvalue weighted by Crippen LogP contribution is 2.32. The van der Waals surface area contributed by atoms with Gasteiger partial charge in [0.1, 0.15) is 10.8 Å². The molecule has 1 fully saturated rings. The number of thiazole rings is 1. The largest absolute Gasteiger partial charge is 0.494 e. The van der Waals surface area contributed by atoms with Gasteiger partial charge in [0.2, 0.25) is 5.91 Å². The van der Waals surface area contributed by atoms with Gasteiger partial charge in [-0.25, -0.2) is 4.98 Å². The van der Waals surface area contributed by atoms with Crippen molar-refractivity contribution in [2.45, 2.75) is 52.0 Å². The number of rotatable bonds is 6. The number of nitrogens with zero attached hydrogens (tertiary/aromatic N) is 3. The molecule has 4 rings (SSSR count). The van der Waals surface area contributed by atoms with Gasteiger partial charge in [-0.2, -0.15) is 0 Å². The summed E-state index contributed by atoms with van der Waals surface area (Å²) in [5.74, 6) is 1.07. The highest BCUT2D eigenvalue weighted by Gasteiger charge is 2.22. The van der Waals surface area contributed by atoms with Crippen LogP contribution in [0.5, 0.6) is 5.75 Å². The van der Waals surface area contributed by atoms with Crippen molar-refractivity contribution in [1.82, 2.24) is 14.8 Å². The molecule has 2 aliphatic rings. The Morgan fingerprint density at radius 1 is 1.10 bits per heavy atom. The number of hydrogen-bond acceptors (Lipinski definition) is 5. The molecule has 3 heterocycles. The third-order valence-electron chi connectivity index (χ3n) is 5.86. The van der Waals surface area contributed by atoms with Crippen LogP contribution in [0.25, 0.3) is 10.6 Å². The summed E-state index contributed by atoms with van der Waals surface area (Å²) in [6.45, 7) is 7.51. The van der Waals surface area contributed by atoms with Gasteiger partial charge in [0, 0.05) is 36.9 Å². The van der Waals surface area contributed by atoms with Gasteiger partial charge in [0.25, 0.3) is 0 Å². The van der Waals surface area contributed by atoms with Crippen molar-refractivity contribution in [2.75, 3.05) is 32.8 Å². The fourth-order valence-corrected chi connectivity index (χ4v) is 5.25. The predicted molar refractivity (Wildman–Crippen MR) is 117 cm³/mol. The van der Waals surface area contributed by atoms with Crippen molar-refractivity contribution in [1.29, 1.82) is 0 Å². The lowest BCUT2D eigenvalue weighted by molar-refractivity contribution is -0.129. The molecule has 2 aromatic rings. The van der Waals surface area contributed by atoms with Crippen LogP contribution >= 0.6 is 11.3 Å². The molecule has 6 heteroatoms. The normalized spacial score (nSPS) is 17.6. The van der Waals surface area contributed by atoms with Crippen LogP contribution in [0, 0.1) is 0 Å². The van der Waals surface area contributed by atoms with Crippen LogP contribution in [0.2, 0.25) is 0 Å². The van der Waals surface area contributed by atoms with Crippen LogP contribution in [0.3, 0.4) is 0 Å². The van der Waals surface area contributed by atoms with Crippen LogP contribution in [-0.4, -0.2) is 53.5 Å². The predicted octanol–water partition coefficient (Wildman–Crippen LogP) is 4.36. The quantitative estimate of drug-likeness (QED) is 0.660. The minimum atomic E-state index is 0.142. The van der Waals surface area contributed by atoms with E-state index in [9.17, 15) is 4.79 Å². The summed E-state index contributed by atoms with van der Waals surface area (Å²) in [5.41, 5.74) is 2.27. The molecule has 0 N–H and O–H groups in total. The summed E-state index contributed by atoms with van der Waals surface area (Å²) in [4.78, 5) is 22.1. The highest BCUT2D eigenvalue weighted by molar-refractivity contribution is 7.15. The molecule has 29 heavy (non-hydrogen) atoms. The molecular weight excluding hydrogens is 382 g/mol. The van der Waals surface area contributed by atoms with E-state index in [-0.39, 0.29) is 5.91 Å². The monoisotopic (exact) mass is 413 g/mol. The van der Waals surface area contributed by atoms with E-state index in [2.05, 4.69) is 17.0 Å². The van der Waals surface area contributed by atoms with Crippen molar-refractivity contribution in [2.24, 2.45) is 0 Å². The van der Waals surface area contributed by atoms with E-state index in [0.29, 0.717) is 6.54 Å². The topological polar surface area (TPSA) is 45.7 Å². The van der Waals surface area contributed by atoms with Crippen LogP contribution in [-0.2, 0) is 17.8 Å². The van der Waals surface area contributed by atoms with Crippen molar-refractivity contribution in [3.05, 3.63) is 34.8 Å². The molecule has 0 atom stereocenters. The third-order valence-corrected chi connectivity index (χ3v) is 7.00. The van der Waals surface area contributed by atoms with Gasteiger partial charge in [-0.05, 0) is 56.6 Å². The van der Waals surface area contributed by atoms with E-state index in [1.807, 2.05) is 17.0 Å². The second-order valence-corrected chi connectivity index (χ2v) is 9.15. The molecule has 0 spiro atoms. The Morgan fingerprint density at radius 2 is 1.86 bits per heavy atom. The van der Waals surface area contributed by atoms with Gasteiger partial charge in [-0.15, -0.1) is 11.3 Å². The first kappa shape index (κ1) is 20.4. The zero-order valence-electron chi connectivity index (χ0n) is 17.4. The number of likely N-dealkylation sites (tertiary alicyclic amines) is 1. The van der Waals surface area contributed by atoms with E-state index < -0.39 is 0 Å². The summed E-state index contributed by atoms with van der Waals surface area (Å²) in [5, 5.41) is 1.04. The number of aromatic nitrogens is 1. The minimum Gasteiger partial charge on any atom is -0.494 e. The molecule has 1 amide bonds. The van der Waals surface area contributed by atoms with Gasteiger partial charge < -0.3 is 14.5 Å². The smallest absolute Gasteiger partial charge is 0.219 e. The number of hydrogen-bond donors (Lipinski definition) is 0. The van der Waals surface area contributed by atoms with Gasteiger partial charge in [0.15, 0.2) is 0 Å². The van der Waals surface area contributed by atoms with Crippen LogP contribution < -0.4 is 4.74 Å². The molecule has 0 saturated carbocycles. The Balaban J connectivity index is 1.28. The Morgan fingerprint density at radius 3 is 2.59 bits per heavy atom. The van der Waals surface area contributed by atoms with Crippen molar-refractivity contribution < 1.29 is 9.53 Å². The molecule has 2 aliphatic heterocycles. The summed E-state index contributed by atoms with van der Waals surface area (Å²) < 4.78 is 5.95. The molecule has 1 aromatic carbocycles. The van der Waals surface area contributed by atoms with Crippen LogP contribution in [0.1, 0.15) is 49.6 Å². The molecule has 0 bridgehead atoms. The number of fused-ring (bicyclic) bond motifs is 1. The average molecular weight is 414 g/mol. The van der Waals surface area contributed by atoms with Gasteiger partial charge in [0.05, 0.1) is 18.8 Å². The lowest BCUT2D eigenvalue weighted by Crippen LogP contribution is -2.33. The summed E-state index contributed by atoms with van der Waals surface area (Å²) in [7, 11) is 0.